The van der Waals surface area contributed by atoms with Gasteiger partial charge in [-0.2, -0.15) is 9.97 Å². The molecular weight excluding hydrogens is 652 g/mol. The zero-order valence-corrected chi connectivity index (χ0v) is 28.5. The van der Waals surface area contributed by atoms with Crippen molar-refractivity contribution >= 4 is 45.2 Å². The van der Waals surface area contributed by atoms with Crippen LogP contribution in [0.15, 0.2) is 36.5 Å². The number of benzene rings is 2. The van der Waals surface area contributed by atoms with E-state index in [1.54, 1.807) is 49.9 Å². The molecule has 1 saturated carbocycles. The molecule has 0 unspecified atom stereocenters. The van der Waals surface area contributed by atoms with Gasteiger partial charge < -0.3 is 19.2 Å². The summed E-state index contributed by atoms with van der Waals surface area (Å²) in [5.41, 5.74) is -0.395. The number of ether oxygens (including phenoxy) is 2. The summed E-state index contributed by atoms with van der Waals surface area (Å²) < 4.78 is 43.3. The molecule has 1 amide bonds. The molecule has 0 spiro atoms. The maximum atomic E-state index is 16.8. The van der Waals surface area contributed by atoms with E-state index in [9.17, 15) is 9.18 Å². The van der Waals surface area contributed by atoms with Crippen molar-refractivity contribution in [1.82, 2.24) is 24.8 Å². The van der Waals surface area contributed by atoms with Crippen molar-refractivity contribution in [3.05, 3.63) is 64.6 Å². The summed E-state index contributed by atoms with van der Waals surface area (Å²) in [5, 5.41) is 1.22. The summed E-state index contributed by atoms with van der Waals surface area (Å²) in [6.07, 6.45) is 5.50. The first-order valence-corrected chi connectivity index (χ1v) is 17.1. The number of rotatable bonds is 7. The second-order valence-electron chi connectivity index (χ2n) is 14.0. The van der Waals surface area contributed by atoms with Crippen molar-refractivity contribution in [3.63, 3.8) is 0 Å². The van der Waals surface area contributed by atoms with Crippen molar-refractivity contribution < 1.29 is 23.0 Å². The van der Waals surface area contributed by atoms with Crippen molar-refractivity contribution in [1.29, 1.82) is 0 Å². The van der Waals surface area contributed by atoms with E-state index >= 15 is 4.39 Å². The number of carbonyl (C=O) groups is 1. The third kappa shape index (κ3) is 6.66. The number of likely N-dealkylation sites (tertiary alicyclic amines) is 1. The van der Waals surface area contributed by atoms with E-state index in [0.717, 1.165) is 19.4 Å². The first-order valence-electron chi connectivity index (χ1n) is 16.7. The smallest absolute Gasteiger partial charge is 0.410 e. The predicted molar refractivity (Wildman–Crippen MR) is 184 cm³/mol. The van der Waals surface area contributed by atoms with Crippen LogP contribution in [-0.2, 0) is 4.74 Å². The van der Waals surface area contributed by atoms with Gasteiger partial charge in [-0.25, -0.2) is 20.1 Å². The minimum absolute atomic E-state index is 0.00343. The van der Waals surface area contributed by atoms with Crippen molar-refractivity contribution in [2.24, 2.45) is 0 Å². The molecule has 0 bridgehead atoms. The van der Waals surface area contributed by atoms with Gasteiger partial charge in [0.1, 0.15) is 41.1 Å². The summed E-state index contributed by atoms with van der Waals surface area (Å²) in [6.45, 7) is 15.3. The summed E-state index contributed by atoms with van der Waals surface area (Å²) in [5.74, 6) is -0.941. The second kappa shape index (κ2) is 13.2. The lowest BCUT2D eigenvalue weighted by Crippen LogP contribution is -2.57. The quantitative estimate of drug-likeness (QED) is 0.190. The van der Waals surface area contributed by atoms with Gasteiger partial charge in [0.05, 0.1) is 10.4 Å². The van der Waals surface area contributed by atoms with Crippen LogP contribution in [0.3, 0.4) is 0 Å². The van der Waals surface area contributed by atoms with Crippen LogP contribution >= 0.6 is 11.6 Å². The number of anilines is 1. The fourth-order valence-electron chi connectivity index (χ4n) is 6.99. The lowest BCUT2D eigenvalue weighted by molar-refractivity contribution is 0.0155. The van der Waals surface area contributed by atoms with Gasteiger partial charge in [-0.05, 0) is 64.5 Å². The number of amides is 1. The monoisotopic (exact) mass is 689 g/mol. The number of aromatic nitrogens is 3. The van der Waals surface area contributed by atoms with Gasteiger partial charge in [-0.1, -0.05) is 35.9 Å². The molecule has 13 heteroatoms. The minimum atomic E-state index is -0.718. The summed E-state index contributed by atoms with van der Waals surface area (Å²) in [7, 11) is 0. The molecule has 4 aromatic rings. The Labute approximate surface area is 288 Å². The Kier molecular flexibility index (Phi) is 8.92. The molecule has 256 valence electrons. The average molecular weight is 690 g/mol. The van der Waals surface area contributed by atoms with Crippen molar-refractivity contribution in [2.45, 2.75) is 70.2 Å². The Balaban J connectivity index is 1.29. The molecule has 4 heterocycles. The first kappa shape index (κ1) is 33.2. The fourth-order valence-corrected chi connectivity index (χ4v) is 7.26. The lowest BCUT2D eigenvalue weighted by atomic mass is 10.0. The number of halogens is 3. The molecule has 3 fully saturated rings. The highest BCUT2D eigenvalue weighted by molar-refractivity contribution is 6.36. The Morgan fingerprint density at radius 2 is 1.90 bits per heavy atom. The molecule has 0 N–H and O–H groups in total. The van der Waals surface area contributed by atoms with Crippen LogP contribution < -0.4 is 9.64 Å². The fraction of sp³-hybridized carbons (Fsp3) is 0.472. The molecule has 10 nitrogen and oxygen atoms in total. The molecule has 2 atom stereocenters. The van der Waals surface area contributed by atoms with E-state index in [4.69, 9.17) is 32.6 Å². The largest absolute Gasteiger partial charge is 0.462 e. The Morgan fingerprint density at radius 1 is 1.08 bits per heavy atom. The molecule has 49 heavy (non-hydrogen) atoms. The molecule has 2 aliphatic heterocycles. The van der Waals surface area contributed by atoms with Crippen LogP contribution in [0.4, 0.5) is 19.4 Å². The molecule has 2 aromatic carbocycles. The molecule has 2 aromatic heterocycles. The van der Waals surface area contributed by atoms with Crippen LogP contribution in [0, 0.1) is 18.2 Å². The molecular formula is C36H38ClF2N7O3. The van der Waals surface area contributed by atoms with Gasteiger partial charge in [0, 0.05) is 48.9 Å². The number of piperazine rings is 1. The number of hydrogen-bond acceptors (Lipinski definition) is 8. The molecule has 3 aliphatic rings. The normalized spacial score (nSPS) is 20.2. The van der Waals surface area contributed by atoms with Gasteiger partial charge in [0.15, 0.2) is 5.82 Å². The third-order valence-corrected chi connectivity index (χ3v) is 9.76. The topological polar surface area (TPSA) is 88.3 Å². The molecule has 0 radical (unpaired) electrons. The standard InChI is InChI=1S/C36H38ClF2N7O3/c1-36(2,3)49-35(47)46-16-15-44(19-24(46)17-40-4)33-26-18-41-31(25-9-5-7-21-10-13-27(38)29(37)28(21)25)30(39)32(26)42-34(43-33)48-20-23-8-6-14-45(23)22-11-12-22/h5,7,9-10,13,18,22-24H,6,8,11-12,14-17,19-20H2,1-3H3/t23-,24-/m0/s1. The van der Waals surface area contributed by atoms with Gasteiger partial charge in [-0.15, -0.1) is 0 Å². The van der Waals surface area contributed by atoms with E-state index < -0.39 is 29.4 Å². The molecule has 2 saturated heterocycles. The van der Waals surface area contributed by atoms with E-state index in [1.807, 2.05) is 4.90 Å². The zero-order chi connectivity index (χ0) is 34.4. The van der Waals surface area contributed by atoms with Crippen molar-refractivity contribution in [2.75, 3.05) is 44.2 Å². The highest BCUT2D eigenvalue weighted by Gasteiger charge is 2.38. The Hall–Kier alpha value is -4.34. The van der Waals surface area contributed by atoms with E-state index in [-0.39, 0.29) is 47.9 Å². The van der Waals surface area contributed by atoms with Crippen molar-refractivity contribution in [3.8, 4) is 17.3 Å². The number of pyridine rings is 1. The second-order valence-corrected chi connectivity index (χ2v) is 14.3. The van der Waals surface area contributed by atoms with Gasteiger partial charge >= 0.3 is 12.1 Å². The highest BCUT2D eigenvalue weighted by Crippen LogP contribution is 2.39. The van der Waals surface area contributed by atoms with Gasteiger partial charge in [-0.3, -0.25) is 14.8 Å². The average Bonchev–Trinajstić information content (AvgIpc) is 3.81. The summed E-state index contributed by atoms with van der Waals surface area (Å²) in [6, 6.07) is 8.39. The molecule has 1 aliphatic carbocycles. The number of carbonyl (C=O) groups excluding carboxylic acids is 1. The van der Waals surface area contributed by atoms with Gasteiger partial charge in [0.25, 0.3) is 0 Å². The lowest BCUT2D eigenvalue weighted by Gasteiger charge is -2.40. The van der Waals surface area contributed by atoms with E-state index in [1.165, 1.54) is 25.1 Å². The van der Waals surface area contributed by atoms with Crippen LogP contribution in [0.1, 0.15) is 46.5 Å². The summed E-state index contributed by atoms with van der Waals surface area (Å²) >= 11 is 6.41. The summed E-state index contributed by atoms with van der Waals surface area (Å²) in [4.78, 5) is 36.6. The Morgan fingerprint density at radius 3 is 2.65 bits per heavy atom. The number of nitrogens with zero attached hydrogens (tertiary/aromatic N) is 7. The number of hydrogen-bond donors (Lipinski definition) is 0. The van der Waals surface area contributed by atoms with Crippen LogP contribution in [-0.4, -0.2) is 93.9 Å². The van der Waals surface area contributed by atoms with Crippen LogP contribution in [0.2, 0.25) is 5.02 Å². The highest BCUT2D eigenvalue weighted by atomic mass is 35.5. The first-order chi connectivity index (χ1) is 23.5. The predicted octanol–water partition coefficient (Wildman–Crippen LogP) is 7.13. The van der Waals surface area contributed by atoms with E-state index in [0.29, 0.717) is 46.7 Å². The third-order valence-electron chi connectivity index (χ3n) is 9.39. The zero-order valence-electron chi connectivity index (χ0n) is 27.8. The minimum Gasteiger partial charge on any atom is -0.462 e. The maximum Gasteiger partial charge on any atom is 0.410 e. The van der Waals surface area contributed by atoms with Crippen LogP contribution in [0.5, 0.6) is 6.01 Å². The van der Waals surface area contributed by atoms with Gasteiger partial charge in [0.2, 0.25) is 6.54 Å². The van der Waals surface area contributed by atoms with Crippen LogP contribution in [0.25, 0.3) is 37.8 Å². The Bertz CT molecular complexity index is 1960. The SMILES string of the molecule is [C-]#[N+]C[C@H]1CN(c2nc(OC[C@@H]3CCCN3C3CC3)nc3c(F)c(-c4cccc5ccc(F)c(Cl)c45)ncc23)CCN1C(=O)OC(C)(C)C. The van der Waals surface area contributed by atoms with E-state index in [2.05, 4.69) is 19.7 Å². The molecule has 7 rings (SSSR count). The maximum absolute atomic E-state index is 16.8. The number of fused-ring (bicyclic) bond motifs is 2.